The van der Waals surface area contributed by atoms with Crippen molar-refractivity contribution in [1.82, 2.24) is 15.1 Å². The Kier molecular flexibility index (Phi) is 4.36. The molecular formula is C13H21N3O2. The number of carbonyl (C=O) groups excluding carboxylic acids is 1. The Morgan fingerprint density at radius 3 is 2.83 bits per heavy atom. The minimum Gasteiger partial charge on any atom is -0.396 e. The van der Waals surface area contributed by atoms with Crippen LogP contribution in [0.25, 0.3) is 0 Å². The Morgan fingerprint density at radius 2 is 2.22 bits per heavy atom. The molecular weight excluding hydrogens is 230 g/mol. The maximum absolute atomic E-state index is 11.9. The fourth-order valence-corrected chi connectivity index (χ4v) is 2.66. The number of amides is 1. The summed E-state index contributed by atoms with van der Waals surface area (Å²) in [7, 11) is 1.79. The van der Waals surface area contributed by atoms with Gasteiger partial charge in [0.1, 0.15) is 0 Å². The summed E-state index contributed by atoms with van der Waals surface area (Å²) in [4.78, 5) is 11.9. The molecule has 1 heterocycles. The van der Waals surface area contributed by atoms with Crippen LogP contribution in [0.2, 0.25) is 0 Å². The monoisotopic (exact) mass is 251 g/mol. The molecule has 1 aromatic heterocycles. The highest BCUT2D eigenvalue weighted by Crippen LogP contribution is 2.29. The Balaban J connectivity index is 1.85. The van der Waals surface area contributed by atoms with Crippen molar-refractivity contribution in [2.75, 3.05) is 13.2 Å². The quantitative estimate of drug-likeness (QED) is 0.837. The lowest BCUT2D eigenvalue weighted by molar-refractivity contribution is 0.0909. The van der Waals surface area contributed by atoms with Crippen LogP contribution in [0.1, 0.15) is 36.0 Å². The van der Waals surface area contributed by atoms with Gasteiger partial charge < -0.3 is 10.4 Å². The summed E-state index contributed by atoms with van der Waals surface area (Å²) in [6.07, 6.45) is 7.84. The maximum atomic E-state index is 11.9. The van der Waals surface area contributed by atoms with E-state index in [1.165, 1.54) is 12.8 Å². The van der Waals surface area contributed by atoms with E-state index in [4.69, 9.17) is 0 Å². The predicted octanol–water partition coefficient (Wildman–Crippen LogP) is 0.949. The van der Waals surface area contributed by atoms with Crippen molar-refractivity contribution in [2.45, 2.75) is 25.7 Å². The second-order valence-corrected chi connectivity index (χ2v) is 5.10. The first-order valence-corrected chi connectivity index (χ1v) is 6.58. The van der Waals surface area contributed by atoms with E-state index in [1.807, 2.05) is 0 Å². The number of rotatable bonds is 4. The van der Waals surface area contributed by atoms with Gasteiger partial charge >= 0.3 is 0 Å². The largest absolute Gasteiger partial charge is 0.396 e. The Morgan fingerprint density at radius 1 is 1.50 bits per heavy atom. The SMILES string of the molecule is Cn1cc(C(=O)NCC2CCCCC2CO)cn1. The van der Waals surface area contributed by atoms with E-state index >= 15 is 0 Å². The molecule has 2 unspecified atom stereocenters. The van der Waals surface area contributed by atoms with Crippen LogP contribution in [-0.2, 0) is 7.05 Å². The van der Waals surface area contributed by atoms with Crippen LogP contribution in [0.3, 0.4) is 0 Å². The molecule has 0 aliphatic heterocycles. The van der Waals surface area contributed by atoms with E-state index in [9.17, 15) is 9.90 Å². The minimum atomic E-state index is -0.0784. The summed E-state index contributed by atoms with van der Waals surface area (Å²) in [6.45, 7) is 0.881. The molecule has 1 amide bonds. The van der Waals surface area contributed by atoms with Crippen molar-refractivity contribution < 1.29 is 9.90 Å². The summed E-state index contributed by atoms with van der Waals surface area (Å²) in [5, 5.41) is 16.2. The van der Waals surface area contributed by atoms with Crippen molar-refractivity contribution in [3.05, 3.63) is 18.0 Å². The van der Waals surface area contributed by atoms with Gasteiger partial charge in [0.15, 0.2) is 0 Å². The fourth-order valence-electron chi connectivity index (χ4n) is 2.66. The smallest absolute Gasteiger partial charge is 0.254 e. The van der Waals surface area contributed by atoms with Gasteiger partial charge in [-0.1, -0.05) is 12.8 Å². The fraction of sp³-hybridized carbons (Fsp3) is 0.692. The molecule has 0 saturated heterocycles. The highest BCUT2D eigenvalue weighted by atomic mass is 16.3. The first-order chi connectivity index (χ1) is 8.70. The molecule has 1 aliphatic carbocycles. The second kappa shape index (κ2) is 6.00. The van der Waals surface area contributed by atoms with Gasteiger partial charge in [-0.15, -0.1) is 0 Å². The first-order valence-electron chi connectivity index (χ1n) is 6.58. The van der Waals surface area contributed by atoms with Gasteiger partial charge in [0.2, 0.25) is 0 Å². The van der Waals surface area contributed by atoms with E-state index in [0.29, 0.717) is 23.9 Å². The highest BCUT2D eigenvalue weighted by molar-refractivity contribution is 5.93. The van der Waals surface area contributed by atoms with Crippen molar-refractivity contribution in [3.63, 3.8) is 0 Å². The Hall–Kier alpha value is -1.36. The van der Waals surface area contributed by atoms with E-state index in [1.54, 1.807) is 24.1 Å². The second-order valence-electron chi connectivity index (χ2n) is 5.10. The van der Waals surface area contributed by atoms with Crippen molar-refractivity contribution >= 4 is 5.91 Å². The standard InChI is InChI=1S/C13H21N3O2/c1-16-8-12(7-15-16)13(18)14-6-10-4-2-3-5-11(10)9-17/h7-8,10-11,17H,2-6,9H2,1H3,(H,14,18). The number of aliphatic hydroxyl groups is 1. The van der Waals surface area contributed by atoms with Gasteiger partial charge in [0, 0.05) is 26.4 Å². The number of aromatic nitrogens is 2. The third-order valence-electron chi connectivity index (χ3n) is 3.79. The molecule has 18 heavy (non-hydrogen) atoms. The van der Waals surface area contributed by atoms with Crippen LogP contribution in [0.5, 0.6) is 0 Å². The molecule has 1 saturated carbocycles. The van der Waals surface area contributed by atoms with E-state index in [0.717, 1.165) is 12.8 Å². The van der Waals surface area contributed by atoms with Gasteiger partial charge in [-0.25, -0.2) is 0 Å². The summed E-state index contributed by atoms with van der Waals surface area (Å²) in [6, 6.07) is 0. The number of nitrogens with one attached hydrogen (secondary N) is 1. The topological polar surface area (TPSA) is 67.2 Å². The number of aryl methyl sites for hydroxylation is 1. The van der Waals surface area contributed by atoms with E-state index in [-0.39, 0.29) is 12.5 Å². The molecule has 0 aromatic carbocycles. The third-order valence-corrected chi connectivity index (χ3v) is 3.79. The molecule has 2 N–H and O–H groups in total. The molecule has 2 atom stereocenters. The lowest BCUT2D eigenvalue weighted by Crippen LogP contribution is -2.35. The normalized spacial score (nSPS) is 23.9. The van der Waals surface area contributed by atoms with Gasteiger partial charge in [0.05, 0.1) is 11.8 Å². The molecule has 100 valence electrons. The van der Waals surface area contributed by atoms with Gasteiger partial charge in [-0.05, 0) is 24.7 Å². The lowest BCUT2D eigenvalue weighted by Gasteiger charge is -2.30. The minimum absolute atomic E-state index is 0.0784. The van der Waals surface area contributed by atoms with Crippen molar-refractivity contribution in [3.8, 4) is 0 Å². The Bertz CT molecular complexity index is 403. The zero-order valence-corrected chi connectivity index (χ0v) is 10.8. The van der Waals surface area contributed by atoms with Crippen LogP contribution in [0, 0.1) is 11.8 Å². The van der Waals surface area contributed by atoms with Crippen LogP contribution < -0.4 is 5.32 Å². The molecule has 5 nitrogen and oxygen atoms in total. The average Bonchev–Trinajstić information content (AvgIpc) is 2.83. The Labute approximate surface area is 107 Å². The van der Waals surface area contributed by atoms with Gasteiger partial charge in [-0.3, -0.25) is 9.48 Å². The number of carbonyl (C=O) groups is 1. The third kappa shape index (κ3) is 3.10. The molecule has 1 fully saturated rings. The zero-order chi connectivity index (χ0) is 13.0. The van der Waals surface area contributed by atoms with Crippen LogP contribution in [0.15, 0.2) is 12.4 Å². The molecule has 1 aliphatic rings. The van der Waals surface area contributed by atoms with Crippen LogP contribution >= 0.6 is 0 Å². The first kappa shape index (κ1) is 13.1. The van der Waals surface area contributed by atoms with Gasteiger partial charge in [-0.2, -0.15) is 5.10 Å². The van der Waals surface area contributed by atoms with Crippen molar-refractivity contribution in [2.24, 2.45) is 18.9 Å². The van der Waals surface area contributed by atoms with E-state index in [2.05, 4.69) is 10.4 Å². The summed E-state index contributed by atoms with van der Waals surface area (Å²) in [5.41, 5.74) is 0.592. The van der Waals surface area contributed by atoms with E-state index < -0.39 is 0 Å². The molecule has 0 radical (unpaired) electrons. The van der Waals surface area contributed by atoms with Crippen LogP contribution in [-0.4, -0.2) is 33.9 Å². The zero-order valence-electron chi connectivity index (χ0n) is 10.8. The molecule has 0 bridgehead atoms. The van der Waals surface area contributed by atoms with Gasteiger partial charge in [0.25, 0.3) is 5.91 Å². The number of hydrogen-bond donors (Lipinski definition) is 2. The maximum Gasteiger partial charge on any atom is 0.254 e. The summed E-state index contributed by atoms with van der Waals surface area (Å²) >= 11 is 0. The van der Waals surface area contributed by atoms with Crippen LogP contribution in [0.4, 0.5) is 0 Å². The lowest BCUT2D eigenvalue weighted by atomic mass is 9.79. The number of hydrogen-bond acceptors (Lipinski definition) is 3. The summed E-state index contributed by atoms with van der Waals surface area (Å²) < 4.78 is 1.62. The summed E-state index contributed by atoms with van der Waals surface area (Å²) in [5.74, 6) is 0.669. The van der Waals surface area contributed by atoms with Crippen molar-refractivity contribution in [1.29, 1.82) is 0 Å². The molecule has 0 spiro atoms. The number of nitrogens with zero attached hydrogens (tertiary/aromatic N) is 2. The molecule has 2 rings (SSSR count). The molecule has 5 heteroatoms. The highest BCUT2D eigenvalue weighted by Gasteiger charge is 2.24. The predicted molar refractivity (Wildman–Crippen MR) is 68.1 cm³/mol. The number of aliphatic hydroxyl groups excluding tert-OH is 1. The average molecular weight is 251 g/mol. The molecule has 1 aromatic rings.